The molecule has 0 aliphatic heterocycles. The second kappa shape index (κ2) is 6.57. The molecule has 0 unspecified atom stereocenters. The van der Waals surface area contributed by atoms with Gasteiger partial charge in [0.15, 0.2) is 0 Å². The zero-order valence-electron chi connectivity index (χ0n) is 10.3. The predicted molar refractivity (Wildman–Crippen MR) is 66.9 cm³/mol. The molecule has 16 heavy (non-hydrogen) atoms. The first-order chi connectivity index (χ1) is 7.57. The van der Waals surface area contributed by atoms with Gasteiger partial charge < -0.3 is 5.32 Å². The zero-order chi connectivity index (χ0) is 12.0. The Labute approximate surface area is 99.2 Å². The van der Waals surface area contributed by atoms with Crippen LogP contribution in [0.25, 0.3) is 0 Å². The lowest BCUT2D eigenvalue weighted by Crippen LogP contribution is -2.42. The van der Waals surface area contributed by atoms with Crippen LogP contribution < -0.4 is 10.0 Å². The molecule has 4 nitrogen and oxygen atoms in total. The highest BCUT2D eigenvalue weighted by Gasteiger charge is 2.23. The van der Waals surface area contributed by atoms with Gasteiger partial charge >= 0.3 is 0 Å². The summed E-state index contributed by atoms with van der Waals surface area (Å²) in [5, 5.41) is 3.42. The minimum atomic E-state index is -3.03. The van der Waals surface area contributed by atoms with Crippen LogP contribution in [0.4, 0.5) is 0 Å². The molecule has 0 amide bonds. The summed E-state index contributed by atoms with van der Waals surface area (Å²) >= 11 is 0. The minimum Gasteiger partial charge on any atom is -0.314 e. The van der Waals surface area contributed by atoms with Crippen LogP contribution in [0, 0.1) is 0 Å². The van der Waals surface area contributed by atoms with Crippen LogP contribution >= 0.6 is 0 Å². The van der Waals surface area contributed by atoms with Gasteiger partial charge in [-0.15, -0.1) is 0 Å². The summed E-state index contributed by atoms with van der Waals surface area (Å²) in [6, 6.07) is 0.739. The van der Waals surface area contributed by atoms with E-state index in [9.17, 15) is 8.42 Å². The first-order valence-electron chi connectivity index (χ1n) is 6.30. The molecule has 1 saturated carbocycles. The molecule has 0 aromatic heterocycles. The van der Waals surface area contributed by atoms with Crippen LogP contribution in [-0.2, 0) is 10.0 Å². The van der Waals surface area contributed by atoms with E-state index in [0.29, 0.717) is 12.5 Å². The maximum absolute atomic E-state index is 11.6. The van der Waals surface area contributed by atoms with E-state index in [2.05, 4.69) is 17.0 Å². The van der Waals surface area contributed by atoms with Crippen molar-refractivity contribution in [3.63, 3.8) is 0 Å². The molecule has 96 valence electrons. The number of hydrogen-bond acceptors (Lipinski definition) is 3. The van der Waals surface area contributed by atoms with E-state index in [0.717, 1.165) is 32.2 Å². The molecule has 0 aromatic rings. The van der Waals surface area contributed by atoms with Crippen LogP contribution in [-0.4, -0.2) is 32.8 Å². The van der Waals surface area contributed by atoms with Gasteiger partial charge in [-0.2, -0.15) is 0 Å². The fourth-order valence-corrected chi connectivity index (χ4v) is 3.68. The second-order valence-corrected chi connectivity index (χ2v) is 6.42. The van der Waals surface area contributed by atoms with Gasteiger partial charge in [0.05, 0.1) is 5.75 Å². The SMILES string of the molecule is CCCS(=O)(=O)NC1CCC(NCC)CC1. The van der Waals surface area contributed by atoms with Gasteiger partial charge in [-0.05, 0) is 38.6 Å². The van der Waals surface area contributed by atoms with Gasteiger partial charge in [-0.1, -0.05) is 13.8 Å². The molecule has 1 aliphatic carbocycles. The third-order valence-corrected chi connectivity index (χ3v) is 4.68. The van der Waals surface area contributed by atoms with Gasteiger partial charge in [-0.3, -0.25) is 0 Å². The minimum absolute atomic E-state index is 0.159. The maximum atomic E-state index is 11.6. The molecule has 0 aromatic carbocycles. The van der Waals surface area contributed by atoms with Crippen LogP contribution in [0.2, 0.25) is 0 Å². The predicted octanol–water partition coefficient (Wildman–Crippen LogP) is 1.24. The molecule has 0 bridgehead atoms. The van der Waals surface area contributed by atoms with Crippen molar-refractivity contribution in [2.24, 2.45) is 0 Å². The Bertz CT molecular complexity index is 282. The van der Waals surface area contributed by atoms with Gasteiger partial charge in [0, 0.05) is 12.1 Å². The summed E-state index contributed by atoms with van der Waals surface area (Å²) in [6.07, 6.45) is 4.75. The van der Waals surface area contributed by atoms with Crippen molar-refractivity contribution in [3.05, 3.63) is 0 Å². The highest BCUT2D eigenvalue weighted by molar-refractivity contribution is 7.89. The van der Waals surface area contributed by atoms with Crippen molar-refractivity contribution in [1.29, 1.82) is 0 Å². The van der Waals surface area contributed by atoms with Crippen LogP contribution in [0.15, 0.2) is 0 Å². The summed E-state index contributed by atoms with van der Waals surface area (Å²) in [6.45, 7) is 4.99. The first kappa shape index (κ1) is 13.9. The lowest BCUT2D eigenvalue weighted by atomic mass is 9.92. The summed E-state index contributed by atoms with van der Waals surface area (Å²) in [5.41, 5.74) is 0. The summed E-state index contributed by atoms with van der Waals surface area (Å²) in [7, 11) is -3.03. The van der Waals surface area contributed by atoms with E-state index in [1.54, 1.807) is 0 Å². The molecule has 0 heterocycles. The van der Waals surface area contributed by atoms with Crippen molar-refractivity contribution in [3.8, 4) is 0 Å². The van der Waals surface area contributed by atoms with Crippen molar-refractivity contribution in [2.75, 3.05) is 12.3 Å². The number of nitrogens with one attached hydrogen (secondary N) is 2. The van der Waals surface area contributed by atoms with E-state index in [-0.39, 0.29) is 11.8 Å². The lowest BCUT2D eigenvalue weighted by Gasteiger charge is -2.29. The number of hydrogen-bond donors (Lipinski definition) is 2. The van der Waals surface area contributed by atoms with Crippen molar-refractivity contribution in [2.45, 2.75) is 58.0 Å². The Morgan fingerprint density at radius 3 is 2.12 bits per heavy atom. The standard InChI is InChI=1S/C11H24N2O2S/c1-3-9-16(14,15)13-11-7-5-10(6-8-11)12-4-2/h10-13H,3-9H2,1-2H3. The average molecular weight is 248 g/mol. The molecular weight excluding hydrogens is 224 g/mol. The average Bonchev–Trinajstić information content (AvgIpc) is 2.21. The smallest absolute Gasteiger partial charge is 0.211 e. The lowest BCUT2D eigenvalue weighted by molar-refractivity contribution is 0.333. The normalized spacial score (nSPS) is 26.9. The highest BCUT2D eigenvalue weighted by atomic mass is 32.2. The van der Waals surface area contributed by atoms with Crippen molar-refractivity contribution in [1.82, 2.24) is 10.0 Å². The molecule has 0 radical (unpaired) electrons. The zero-order valence-corrected chi connectivity index (χ0v) is 11.1. The van der Waals surface area contributed by atoms with Crippen LogP contribution in [0.1, 0.15) is 46.0 Å². The fourth-order valence-electron chi connectivity index (χ4n) is 2.29. The molecule has 1 fully saturated rings. The molecular formula is C11H24N2O2S. The van der Waals surface area contributed by atoms with Gasteiger partial charge in [-0.25, -0.2) is 13.1 Å². The highest BCUT2D eigenvalue weighted by Crippen LogP contribution is 2.19. The maximum Gasteiger partial charge on any atom is 0.211 e. The Morgan fingerprint density at radius 1 is 1.06 bits per heavy atom. The summed E-state index contributed by atoms with van der Waals surface area (Å²) in [4.78, 5) is 0. The van der Waals surface area contributed by atoms with Crippen LogP contribution in [0.3, 0.4) is 0 Å². The Morgan fingerprint density at radius 2 is 1.62 bits per heavy atom. The van der Waals surface area contributed by atoms with E-state index in [1.807, 2.05) is 6.92 Å². The fraction of sp³-hybridized carbons (Fsp3) is 1.00. The number of sulfonamides is 1. The quantitative estimate of drug-likeness (QED) is 0.743. The van der Waals surface area contributed by atoms with E-state index < -0.39 is 10.0 Å². The van der Waals surface area contributed by atoms with Crippen molar-refractivity contribution >= 4 is 10.0 Å². The largest absolute Gasteiger partial charge is 0.314 e. The van der Waals surface area contributed by atoms with E-state index in [1.165, 1.54) is 0 Å². The monoisotopic (exact) mass is 248 g/mol. The Hall–Kier alpha value is -0.130. The Balaban J connectivity index is 2.32. The van der Waals surface area contributed by atoms with E-state index >= 15 is 0 Å². The molecule has 0 atom stereocenters. The topological polar surface area (TPSA) is 58.2 Å². The summed E-state index contributed by atoms with van der Waals surface area (Å²) in [5.74, 6) is 0.250. The molecule has 1 rings (SSSR count). The molecule has 0 spiro atoms. The molecule has 2 N–H and O–H groups in total. The van der Waals surface area contributed by atoms with Crippen LogP contribution in [0.5, 0.6) is 0 Å². The molecule has 5 heteroatoms. The molecule has 0 saturated heterocycles. The van der Waals surface area contributed by atoms with Gasteiger partial charge in [0.2, 0.25) is 10.0 Å². The molecule has 1 aliphatic rings. The second-order valence-electron chi connectivity index (χ2n) is 4.54. The summed E-state index contributed by atoms with van der Waals surface area (Å²) < 4.78 is 26.0. The first-order valence-corrected chi connectivity index (χ1v) is 7.96. The number of rotatable bonds is 6. The third-order valence-electron chi connectivity index (χ3n) is 3.04. The van der Waals surface area contributed by atoms with E-state index in [4.69, 9.17) is 0 Å². The third kappa shape index (κ3) is 4.80. The van der Waals surface area contributed by atoms with Crippen molar-refractivity contribution < 1.29 is 8.42 Å². The Kier molecular flexibility index (Phi) is 5.72. The van der Waals surface area contributed by atoms with Gasteiger partial charge in [0.1, 0.15) is 0 Å². The van der Waals surface area contributed by atoms with Gasteiger partial charge in [0.25, 0.3) is 0 Å².